The van der Waals surface area contributed by atoms with Crippen molar-refractivity contribution in [2.24, 2.45) is 0 Å². The van der Waals surface area contributed by atoms with Crippen molar-refractivity contribution in [2.45, 2.75) is 44.6 Å². The number of rotatable bonds is 4. The zero-order chi connectivity index (χ0) is 27.6. The van der Waals surface area contributed by atoms with Crippen LogP contribution in [0.15, 0.2) is 127 Å². The summed E-state index contributed by atoms with van der Waals surface area (Å²) in [5.41, 5.74) is 11.2. The predicted molar refractivity (Wildman–Crippen MR) is 172 cm³/mol. The zero-order valence-electron chi connectivity index (χ0n) is 23.6. The molecule has 5 aromatic rings. The summed E-state index contributed by atoms with van der Waals surface area (Å²) in [6.45, 7) is 4.79. The zero-order valence-corrected chi connectivity index (χ0v) is 23.6. The van der Waals surface area contributed by atoms with Crippen molar-refractivity contribution in [3.63, 3.8) is 0 Å². The summed E-state index contributed by atoms with van der Waals surface area (Å²) in [6.07, 6.45) is 20.8. The fourth-order valence-electron chi connectivity index (χ4n) is 7.11. The Bertz CT molecular complexity index is 1950. The molecular formula is C38H33N3. The van der Waals surface area contributed by atoms with Crippen LogP contribution in [-0.4, -0.2) is 15.6 Å². The van der Waals surface area contributed by atoms with Crippen molar-refractivity contribution >= 4 is 27.6 Å². The van der Waals surface area contributed by atoms with E-state index in [-0.39, 0.29) is 5.41 Å². The number of fused-ring (bicyclic) bond motifs is 5. The molecule has 3 nitrogen and oxygen atoms in total. The molecule has 0 amide bonds. The van der Waals surface area contributed by atoms with Gasteiger partial charge in [0.2, 0.25) is 0 Å². The van der Waals surface area contributed by atoms with Gasteiger partial charge in [0.05, 0.1) is 17.2 Å². The van der Waals surface area contributed by atoms with E-state index in [4.69, 9.17) is 4.98 Å². The van der Waals surface area contributed by atoms with Crippen molar-refractivity contribution < 1.29 is 0 Å². The van der Waals surface area contributed by atoms with E-state index in [2.05, 4.69) is 139 Å². The third kappa shape index (κ3) is 3.69. The number of hydrogen-bond donors (Lipinski definition) is 0. The van der Waals surface area contributed by atoms with Crippen LogP contribution < -0.4 is 4.90 Å². The first-order chi connectivity index (χ1) is 20.1. The number of nitrogens with zero attached hydrogens (tertiary/aromatic N) is 3. The van der Waals surface area contributed by atoms with Crippen LogP contribution in [0.5, 0.6) is 0 Å². The van der Waals surface area contributed by atoms with E-state index >= 15 is 0 Å². The first-order valence-electron chi connectivity index (χ1n) is 14.7. The van der Waals surface area contributed by atoms with E-state index in [1.165, 1.54) is 55.6 Å². The number of allylic oxidation sites excluding steroid dienone is 6. The van der Waals surface area contributed by atoms with Gasteiger partial charge in [-0.2, -0.15) is 0 Å². The highest BCUT2D eigenvalue weighted by atomic mass is 15.2. The SMILES string of the molecule is CC1(C)c2cc(N(C3=CC=CCC3)C3C=CC=CC3)ccc2-n2c3ncccc3c3cc(-c4ccccc4)cc1c32. The van der Waals surface area contributed by atoms with Crippen LogP contribution in [-0.2, 0) is 5.41 Å². The molecule has 1 unspecified atom stereocenters. The number of benzene rings is 3. The molecule has 41 heavy (non-hydrogen) atoms. The second-order valence-corrected chi connectivity index (χ2v) is 11.9. The minimum atomic E-state index is -0.201. The molecule has 1 aliphatic heterocycles. The van der Waals surface area contributed by atoms with E-state index in [0.29, 0.717) is 6.04 Å². The Kier molecular flexibility index (Phi) is 5.43. The highest BCUT2D eigenvalue weighted by Crippen LogP contribution is 2.49. The molecule has 3 heteroatoms. The third-order valence-electron chi connectivity index (χ3n) is 9.17. The predicted octanol–water partition coefficient (Wildman–Crippen LogP) is 9.41. The summed E-state index contributed by atoms with van der Waals surface area (Å²) in [6, 6.07) is 27.2. The summed E-state index contributed by atoms with van der Waals surface area (Å²) < 4.78 is 2.41. The van der Waals surface area contributed by atoms with E-state index in [1.54, 1.807) is 0 Å². The second-order valence-electron chi connectivity index (χ2n) is 11.9. The first-order valence-corrected chi connectivity index (χ1v) is 14.7. The summed E-state index contributed by atoms with van der Waals surface area (Å²) in [5, 5.41) is 2.47. The van der Waals surface area contributed by atoms with Crippen LogP contribution in [0, 0.1) is 0 Å². The Balaban J connectivity index is 1.39. The van der Waals surface area contributed by atoms with Gasteiger partial charge in [0.15, 0.2) is 0 Å². The number of aromatic nitrogens is 2. The Hall–Kier alpha value is -4.63. The summed E-state index contributed by atoms with van der Waals surface area (Å²) in [7, 11) is 0. The molecule has 2 aliphatic carbocycles. The molecule has 3 heterocycles. The normalized spacial score (nSPS) is 18.5. The molecular weight excluding hydrogens is 498 g/mol. The van der Waals surface area contributed by atoms with Gasteiger partial charge in [-0.05, 0) is 90.1 Å². The molecule has 0 spiro atoms. The second kappa shape index (κ2) is 9.21. The standard InChI is InChI=1S/C38H33N3/c1-38(2)33-25-30(40(28-15-8-4-9-16-28)29-17-10-5-11-18-29)20-21-35(33)41-36-32(31-19-12-22-39-37(31)41)23-27(24-34(36)38)26-13-6-3-7-14-26/h3-10,12-15,17,19-25,28H,11,16,18H2,1-2H3. The molecule has 0 radical (unpaired) electrons. The van der Waals surface area contributed by atoms with Gasteiger partial charge in [-0.15, -0.1) is 0 Å². The van der Waals surface area contributed by atoms with E-state index in [9.17, 15) is 0 Å². The maximum atomic E-state index is 4.94. The molecule has 3 aliphatic rings. The monoisotopic (exact) mass is 531 g/mol. The quantitative estimate of drug-likeness (QED) is 0.230. The van der Waals surface area contributed by atoms with E-state index in [0.717, 1.165) is 24.9 Å². The van der Waals surface area contributed by atoms with Gasteiger partial charge in [-0.1, -0.05) is 80.6 Å². The average Bonchev–Trinajstić information content (AvgIpc) is 3.36. The van der Waals surface area contributed by atoms with Gasteiger partial charge in [0.1, 0.15) is 5.65 Å². The molecule has 1 atom stereocenters. The van der Waals surface area contributed by atoms with Crippen LogP contribution in [0.2, 0.25) is 0 Å². The molecule has 0 fully saturated rings. The van der Waals surface area contributed by atoms with E-state index in [1.807, 2.05) is 6.20 Å². The molecule has 0 saturated heterocycles. The fourth-order valence-corrected chi connectivity index (χ4v) is 7.11. The highest BCUT2D eigenvalue weighted by molar-refractivity contribution is 6.11. The van der Waals surface area contributed by atoms with Crippen LogP contribution in [0.1, 0.15) is 44.2 Å². The minimum absolute atomic E-state index is 0.201. The lowest BCUT2D eigenvalue weighted by molar-refractivity contribution is 0.628. The molecule has 0 bridgehead atoms. The molecule has 3 aromatic carbocycles. The van der Waals surface area contributed by atoms with Gasteiger partial charge >= 0.3 is 0 Å². The number of hydrogen-bond acceptors (Lipinski definition) is 2. The number of anilines is 1. The van der Waals surface area contributed by atoms with Crippen molar-refractivity contribution in [1.82, 2.24) is 9.55 Å². The Morgan fingerprint density at radius 1 is 0.829 bits per heavy atom. The first kappa shape index (κ1) is 24.2. The van der Waals surface area contributed by atoms with Crippen LogP contribution in [0.4, 0.5) is 5.69 Å². The summed E-state index contributed by atoms with van der Waals surface area (Å²) >= 11 is 0. The maximum Gasteiger partial charge on any atom is 0.145 e. The van der Waals surface area contributed by atoms with Crippen molar-refractivity contribution in [2.75, 3.05) is 4.90 Å². The van der Waals surface area contributed by atoms with E-state index < -0.39 is 0 Å². The highest BCUT2D eigenvalue weighted by Gasteiger charge is 2.37. The third-order valence-corrected chi connectivity index (χ3v) is 9.17. The van der Waals surface area contributed by atoms with Gasteiger partial charge in [0, 0.05) is 33.8 Å². The van der Waals surface area contributed by atoms with Gasteiger partial charge in [-0.25, -0.2) is 4.98 Å². The lowest BCUT2D eigenvalue weighted by atomic mass is 9.73. The Morgan fingerprint density at radius 2 is 1.73 bits per heavy atom. The molecule has 0 saturated carbocycles. The van der Waals surface area contributed by atoms with Crippen LogP contribution >= 0.6 is 0 Å². The fraction of sp³-hybridized carbons (Fsp3) is 0.184. The average molecular weight is 532 g/mol. The minimum Gasteiger partial charge on any atom is -0.338 e. The number of pyridine rings is 1. The van der Waals surface area contributed by atoms with Crippen LogP contribution in [0.3, 0.4) is 0 Å². The van der Waals surface area contributed by atoms with Gasteiger partial charge < -0.3 is 4.90 Å². The van der Waals surface area contributed by atoms with Gasteiger partial charge in [-0.3, -0.25) is 4.57 Å². The molecule has 2 aromatic heterocycles. The molecule has 200 valence electrons. The largest absolute Gasteiger partial charge is 0.338 e. The smallest absolute Gasteiger partial charge is 0.145 e. The van der Waals surface area contributed by atoms with Crippen molar-refractivity contribution in [3.05, 3.63) is 138 Å². The Morgan fingerprint density at radius 3 is 2.54 bits per heavy atom. The Labute approximate surface area is 241 Å². The van der Waals surface area contributed by atoms with Crippen LogP contribution in [0.25, 0.3) is 38.8 Å². The lowest BCUT2D eigenvalue weighted by Gasteiger charge is -2.39. The molecule has 8 rings (SSSR count). The van der Waals surface area contributed by atoms with Gasteiger partial charge in [0.25, 0.3) is 0 Å². The lowest BCUT2D eigenvalue weighted by Crippen LogP contribution is -2.35. The van der Waals surface area contributed by atoms with Crippen molar-refractivity contribution in [3.8, 4) is 16.8 Å². The molecule has 0 N–H and O–H groups in total. The summed E-state index contributed by atoms with van der Waals surface area (Å²) in [4.78, 5) is 7.50. The topological polar surface area (TPSA) is 21.1 Å². The maximum absolute atomic E-state index is 4.94. The van der Waals surface area contributed by atoms with Crippen molar-refractivity contribution in [1.29, 1.82) is 0 Å². The summed E-state index contributed by atoms with van der Waals surface area (Å²) in [5.74, 6) is 0.